The zero-order chi connectivity index (χ0) is 12.3. The molecule has 0 saturated carbocycles. The first kappa shape index (κ1) is 12.6. The molecular weight excluding hydrogens is 287 g/mol. The van der Waals surface area contributed by atoms with Crippen LogP contribution in [0.3, 0.4) is 0 Å². The minimum atomic E-state index is -0.352. The molecule has 1 aliphatic rings. The summed E-state index contributed by atoms with van der Waals surface area (Å²) in [5.41, 5.74) is 6.21. The van der Waals surface area contributed by atoms with Crippen molar-refractivity contribution in [1.29, 1.82) is 0 Å². The molecule has 1 fully saturated rings. The van der Waals surface area contributed by atoms with Gasteiger partial charge in [0.25, 0.3) is 0 Å². The number of nitrogen functional groups attached to an aromatic ring is 1. The van der Waals surface area contributed by atoms with E-state index in [0.29, 0.717) is 22.5 Å². The van der Waals surface area contributed by atoms with Crippen LogP contribution in [-0.4, -0.2) is 31.1 Å². The third-order valence-corrected chi connectivity index (χ3v) is 3.52. The van der Waals surface area contributed by atoms with Crippen LogP contribution in [0.2, 0.25) is 0 Å². The molecule has 0 radical (unpaired) electrons. The van der Waals surface area contributed by atoms with E-state index in [1.807, 2.05) is 0 Å². The minimum absolute atomic E-state index is 0.352. The Bertz CT molecular complexity index is 394. The summed E-state index contributed by atoms with van der Waals surface area (Å²) < 4.78 is 19.2. The Morgan fingerprint density at radius 3 is 2.76 bits per heavy atom. The van der Waals surface area contributed by atoms with Gasteiger partial charge >= 0.3 is 0 Å². The van der Waals surface area contributed by atoms with E-state index in [0.717, 1.165) is 19.6 Å². The first-order valence-electron chi connectivity index (χ1n) is 5.76. The van der Waals surface area contributed by atoms with Crippen LogP contribution in [0.5, 0.6) is 5.75 Å². The van der Waals surface area contributed by atoms with Crippen LogP contribution in [0.25, 0.3) is 0 Å². The number of hydrogen-bond acceptors (Lipinski definition) is 3. The fourth-order valence-corrected chi connectivity index (χ4v) is 2.32. The highest BCUT2D eigenvalue weighted by molar-refractivity contribution is 9.10. The summed E-state index contributed by atoms with van der Waals surface area (Å²) in [5.74, 6) is 0.0697. The van der Waals surface area contributed by atoms with Crippen LogP contribution < -0.4 is 10.5 Å². The van der Waals surface area contributed by atoms with E-state index in [9.17, 15) is 4.39 Å². The average molecular weight is 303 g/mol. The van der Waals surface area contributed by atoms with Gasteiger partial charge in [0.15, 0.2) is 0 Å². The first-order chi connectivity index (χ1) is 8.16. The highest BCUT2D eigenvalue weighted by atomic mass is 79.9. The lowest BCUT2D eigenvalue weighted by atomic mass is 10.3. The van der Waals surface area contributed by atoms with Gasteiger partial charge in [-0.15, -0.1) is 0 Å². The van der Waals surface area contributed by atoms with Crippen molar-refractivity contribution in [3.05, 3.63) is 22.4 Å². The molecule has 1 aromatic rings. The van der Waals surface area contributed by atoms with Gasteiger partial charge in [-0.3, -0.25) is 4.90 Å². The van der Waals surface area contributed by atoms with Gasteiger partial charge in [-0.1, -0.05) is 0 Å². The molecule has 1 aromatic carbocycles. The van der Waals surface area contributed by atoms with Gasteiger partial charge in [0.1, 0.15) is 18.2 Å². The molecule has 3 nitrogen and oxygen atoms in total. The maximum absolute atomic E-state index is 13.3. The molecule has 94 valence electrons. The summed E-state index contributed by atoms with van der Waals surface area (Å²) in [7, 11) is 0. The van der Waals surface area contributed by atoms with Crippen molar-refractivity contribution < 1.29 is 9.13 Å². The summed E-state index contributed by atoms with van der Waals surface area (Å²) in [4.78, 5) is 2.34. The Morgan fingerprint density at radius 1 is 1.35 bits per heavy atom. The average Bonchev–Trinajstić information content (AvgIpc) is 2.78. The zero-order valence-corrected chi connectivity index (χ0v) is 11.2. The number of anilines is 1. The largest absolute Gasteiger partial charge is 0.490 e. The van der Waals surface area contributed by atoms with Crippen molar-refractivity contribution in [1.82, 2.24) is 4.90 Å². The van der Waals surface area contributed by atoms with Crippen molar-refractivity contribution >= 4 is 21.6 Å². The Labute approximate surface area is 109 Å². The second-order valence-corrected chi connectivity index (χ2v) is 5.06. The molecule has 17 heavy (non-hydrogen) atoms. The molecule has 2 rings (SSSR count). The Kier molecular flexibility index (Phi) is 4.23. The Hall–Kier alpha value is -0.810. The summed E-state index contributed by atoms with van der Waals surface area (Å²) in [5, 5.41) is 0. The Balaban J connectivity index is 1.87. The number of hydrogen-bond donors (Lipinski definition) is 1. The lowest BCUT2D eigenvalue weighted by molar-refractivity contribution is 0.238. The summed E-state index contributed by atoms with van der Waals surface area (Å²) >= 11 is 3.08. The molecule has 1 aliphatic heterocycles. The molecule has 0 bridgehead atoms. The van der Waals surface area contributed by atoms with E-state index in [1.54, 1.807) is 0 Å². The number of nitrogens with zero attached hydrogens (tertiary/aromatic N) is 1. The van der Waals surface area contributed by atoms with Crippen LogP contribution >= 0.6 is 15.9 Å². The van der Waals surface area contributed by atoms with Crippen LogP contribution in [0, 0.1) is 5.82 Å². The molecule has 0 aliphatic carbocycles. The Morgan fingerprint density at radius 2 is 2.06 bits per heavy atom. The molecule has 0 amide bonds. The molecule has 1 saturated heterocycles. The van der Waals surface area contributed by atoms with Gasteiger partial charge in [0.05, 0.1) is 10.2 Å². The standard InChI is InChI=1S/C12H16BrFN2O/c13-9-7-11(15)12(8-10(9)14)17-6-5-16-3-1-2-4-16/h7-8H,1-6,15H2. The predicted octanol–water partition coefficient (Wildman–Crippen LogP) is 2.65. The van der Waals surface area contributed by atoms with Crippen LogP contribution in [0.15, 0.2) is 16.6 Å². The van der Waals surface area contributed by atoms with Crippen LogP contribution in [0.4, 0.5) is 10.1 Å². The lowest BCUT2D eigenvalue weighted by Crippen LogP contribution is -2.25. The summed E-state index contributed by atoms with van der Waals surface area (Å²) in [6.07, 6.45) is 2.52. The van der Waals surface area contributed by atoms with E-state index in [2.05, 4.69) is 20.8 Å². The van der Waals surface area contributed by atoms with Gasteiger partial charge in [-0.25, -0.2) is 4.39 Å². The van der Waals surface area contributed by atoms with E-state index in [4.69, 9.17) is 10.5 Å². The molecule has 1 heterocycles. The minimum Gasteiger partial charge on any atom is -0.490 e. The molecule has 0 spiro atoms. The number of ether oxygens (including phenoxy) is 1. The topological polar surface area (TPSA) is 38.5 Å². The third kappa shape index (κ3) is 3.33. The lowest BCUT2D eigenvalue weighted by Gasteiger charge is -2.15. The summed E-state index contributed by atoms with van der Waals surface area (Å²) in [6, 6.07) is 2.85. The number of nitrogens with two attached hydrogens (primary N) is 1. The quantitative estimate of drug-likeness (QED) is 0.869. The molecule has 5 heteroatoms. The van der Waals surface area contributed by atoms with E-state index < -0.39 is 0 Å². The van der Waals surface area contributed by atoms with Crippen molar-refractivity contribution in [2.24, 2.45) is 0 Å². The maximum Gasteiger partial charge on any atom is 0.145 e. The van der Waals surface area contributed by atoms with Gasteiger partial charge < -0.3 is 10.5 Å². The highest BCUT2D eigenvalue weighted by Crippen LogP contribution is 2.28. The fraction of sp³-hybridized carbons (Fsp3) is 0.500. The van der Waals surface area contributed by atoms with E-state index >= 15 is 0 Å². The van der Waals surface area contributed by atoms with Gasteiger partial charge in [-0.05, 0) is 47.9 Å². The second kappa shape index (κ2) is 5.69. The predicted molar refractivity (Wildman–Crippen MR) is 69.7 cm³/mol. The molecule has 2 N–H and O–H groups in total. The molecule has 0 unspecified atom stereocenters. The normalized spacial score (nSPS) is 16.4. The number of benzene rings is 1. The maximum atomic E-state index is 13.3. The smallest absolute Gasteiger partial charge is 0.145 e. The fourth-order valence-electron chi connectivity index (χ4n) is 1.96. The van der Waals surface area contributed by atoms with E-state index in [1.165, 1.54) is 25.0 Å². The van der Waals surface area contributed by atoms with Crippen molar-refractivity contribution in [3.63, 3.8) is 0 Å². The highest BCUT2D eigenvalue weighted by Gasteiger charge is 2.12. The van der Waals surface area contributed by atoms with Gasteiger partial charge in [-0.2, -0.15) is 0 Å². The van der Waals surface area contributed by atoms with Crippen molar-refractivity contribution in [3.8, 4) is 5.75 Å². The third-order valence-electron chi connectivity index (χ3n) is 2.92. The second-order valence-electron chi connectivity index (χ2n) is 4.20. The van der Waals surface area contributed by atoms with Crippen molar-refractivity contribution in [2.75, 3.05) is 32.0 Å². The number of halogens is 2. The molecule has 0 aromatic heterocycles. The SMILES string of the molecule is Nc1cc(Br)c(F)cc1OCCN1CCCC1. The molecular formula is C12H16BrFN2O. The molecule has 0 atom stereocenters. The zero-order valence-electron chi connectivity index (χ0n) is 9.59. The van der Waals surface area contributed by atoms with E-state index in [-0.39, 0.29) is 5.82 Å². The monoisotopic (exact) mass is 302 g/mol. The number of rotatable bonds is 4. The number of likely N-dealkylation sites (tertiary alicyclic amines) is 1. The van der Waals surface area contributed by atoms with Crippen molar-refractivity contribution in [2.45, 2.75) is 12.8 Å². The van der Waals surface area contributed by atoms with Gasteiger partial charge in [0, 0.05) is 12.6 Å². The van der Waals surface area contributed by atoms with Crippen LogP contribution in [0.1, 0.15) is 12.8 Å². The van der Waals surface area contributed by atoms with Gasteiger partial charge in [0.2, 0.25) is 0 Å². The first-order valence-corrected chi connectivity index (χ1v) is 6.56. The summed E-state index contributed by atoms with van der Waals surface area (Å²) in [6.45, 7) is 3.68. The van der Waals surface area contributed by atoms with Crippen LogP contribution in [-0.2, 0) is 0 Å².